The zero-order chi connectivity index (χ0) is 20.2. The van der Waals surface area contributed by atoms with Crippen LogP contribution in [0.4, 0.5) is 0 Å². The molecule has 1 fully saturated rings. The number of hydrogen-bond acceptors (Lipinski definition) is 5. The second-order valence-corrected chi connectivity index (χ2v) is 9.36. The minimum absolute atomic E-state index is 0.138. The van der Waals surface area contributed by atoms with Crippen LogP contribution < -0.4 is 5.32 Å². The molecule has 0 aromatic carbocycles. The Bertz CT molecular complexity index is 443. The average molecular weight is 383 g/mol. The Kier molecular flexibility index (Phi) is 11.5. The Morgan fingerprint density at radius 2 is 1.67 bits per heavy atom. The van der Waals surface area contributed by atoms with E-state index in [0.29, 0.717) is 26.4 Å². The van der Waals surface area contributed by atoms with E-state index in [4.69, 9.17) is 14.2 Å². The molecule has 1 unspecified atom stereocenters. The summed E-state index contributed by atoms with van der Waals surface area (Å²) < 4.78 is 16.7. The Labute approximate surface area is 167 Å². The van der Waals surface area contributed by atoms with E-state index in [0.717, 1.165) is 25.6 Å². The second-order valence-electron chi connectivity index (χ2n) is 9.36. The van der Waals surface area contributed by atoms with Crippen LogP contribution in [-0.4, -0.2) is 75.3 Å². The highest BCUT2D eigenvalue weighted by atomic mass is 16.5. The number of ether oxygens (including phenoxy) is 3. The van der Waals surface area contributed by atoms with Crippen LogP contribution in [-0.2, 0) is 14.2 Å². The molecule has 0 saturated carbocycles. The van der Waals surface area contributed by atoms with Gasteiger partial charge in [0.15, 0.2) is 0 Å². The molecule has 1 rings (SSSR count). The van der Waals surface area contributed by atoms with Crippen molar-refractivity contribution in [2.75, 3.05) is 59.2 Å². The lowest BCUT2D eigenvalue weighted by molar-refractivity contribution is 0.0179. The predicted octanol–water partition coefficient (Wildman–Crippen LogP) is 2.94. The zero-order valence-corrected chi connectivity index (χ0v) is 18.5. The van der Waals surface area contributed by atoms with E-state index < -0.39 is 0 Å². The van der Waals surface area contributed by atoms with Gasteiger partial charge in [-0.05, 0) is 73.4 Å². The number of piperidine rings is 1. The molecule has 0 amide bonds. The van der Waals surface area contributed by atoms with Crippen molar-refractivity contribution >= 4 is 0 Å². The van der Waals surface area contributed by atoms with Crippen molar-refractivity contribution in [3.63, 3.8) is 0 Å². The van der Waals surface area contributed by atoms with Gasteiger partial charge in [0.05, 0.1) is 25.4 Å². The first-order valence-corrected chi connectivity index (χ1v) is 10.4. The van der Waals surface area contributed by atoms with Gasteiger partial charge in [-0.1, -0.05) is 11.8 Å². The van der Waals surface area contributed by atoms with Gasteiger partial charge >= 0.3 is 0 Å². The Hall–Kier alpha value is -0.640. The van der Waals surface area contributed by atoms with Crippen LogP contribution in [0.5, 0.6) is 0 Å². The average Bonchev–Trinajstić information content (AvgIpc) is 2.57. The third-order valence-electron chi connectivity index (χ3n) is 4.32. The third kappa shape index (κ3) is 15.0. The molecule has 1 heterocycles. The zero-order valence-electron chi connectivity index (χ0n) is 18.5. The highest BCUT2D eigenvalue weighted by molar-refractivity contribution is 4.99. The number of rotatable bonds is 10. The van der Waals surface area contributed by atoms with Crippen LogP contribution in [0.2, 0.25) is 0 Å². The molecule has 158 valence electrons. The largest absolute Gasteiger partial charge is 0.378 e. The van der Waals surface area contributed by atoms with Gasteiger partial charge in [-0.2, -0.15) is 0 Å². The number of likely N-dealkylation sites (tertiary alicyclic amines) is 1. The fourth-order valence-corrected chi connectivity index (χ4v) is 2.86. The first-order valence-electron chi connectivity index (χ1n) is 10.4. The summed E-state index contributed by atoms with van der Waals surface area (Å²) in [6, 6.07) is 0. The predicted molar refractivity (Wildman–Crippen MR) is 112 cm³/mol. The fraction of sp³-hybridized carbons (Fsp3) is 0.909. The lowest BCUT2D eigenvalue weighted by Gasteiger charge is -2.34. The molecule has 5 heteroatoms. The maximum absolute atomic E-state index is 5.70. The smallest absolute Gasteiger partial charge is 0.108 e. The van der Waals surface area contributed by atoms with Crippen molar-refractivity contribution in [2.45, 2.75) is 65.5 Å². The van der Waals surface area contributed by atoms with E-state index in [1.807, 2.05) is 20.8 Å². The van der Waals surface area contributed by atoms with E-state index in [2.05, 4.69) is 42.8 Å². The molecule has 1 atom stereocenters. The van der Waals surface area contributed by atoms with Crippen LogP contribution in [0.3, 0.4) is 0 Å². The summed E-state index contributed by atoms with van der Waals surface area (Å²) in [6.45, 7) is 20.1. The van der Waals surface area contributed by atoms with Gasteiger partial charge in [-0.3, -0.25) is 0 Å². The molecule has 27 heavy (non-hydrogen) atoms. The topological polar surface area (TPSA) is 43.0 Å². The maximum Gasteiger partial charge on any atom is 0.108 e. The summed E-state index contributed by atoms with van der Waals surface area (Å²) in [4.78, 5) is 2.53. The van der Waals surface area contributed by atoms with E-state index in [1.165, 1.54) is 25.9 Å². The molecule has 1 aliphatic heterocycles. The van der Waals surface area contributed by atoms with Gasteiger partial charge in [0, 0.05) is 18.6 Å². The standard InChI is InChI=1S/C22H42N2O3/c1-21(2,3)23-18-20-10-9-11-24(19-20)12-15-26-17-16-25-13-7-8-14-27-22(4,5)6/h20,23H,9-19H2,1-6H3. The summed E-state index contributed by atoms with van der Waals surface area (Å²) >= 11 is 0. The van der Waals surface area contributed by atoms with Crippen LogP contribution in [0.25, 0.3) is 0 Å². The van der Waals surface area contributed by atoms with Gasteiger partial charge < -0.3 is 24.4 Å². The monoisotopic (exact) mass is 382 g/mol. The SMILES string of the molecule is CC(C)(C)NCC1CCCN(CCOCCOCC#CCOC(C)(C)C)C1. The summed E-state index contributed by atoms with van der Waals surface area (Å²) in [5.41, 5.74) is 0.0657. The van der Waals surface area contributed by atoms with Crippen LogP contribution in [0, 0.1) is 17.8 Å². The van der Waals surface area contributed by atoms with Gasteiger partial charge in [-0.15, -0.1) is 0 Å². The summed E-state index contributed by atoms with van der Waals surface area (Å²) in [5, 5.41) is 3.63. The molecule has 0 radical (unpaired) electrons. The summed E-state index contributed by atoms with van der Waals surface area (Å²) in [5.74, 6) is 6.67. The molecular weight excluding hydrogens is 340 g/mol. The first kappa shape index (κ1) is 24.4. The number of hydrogen-bond donors (Lipinski definition) is 1. The van der Waals surface area contributed by atoms with Gasteiger partial charge in [-0.25, -0.2) is 0 Å². The molecule has 0 bridgehead atoms. The summed E-state index contributed by atoms with van der Waals surface area (Å²) in [7, 11) is 0. The third-order valence-corrected chi connectivity index (χ3v) is 4.32. The van der Waals surface area contributed by atoms with Crippen LogP contribution in [0.1, 0.15) is 54.4 Å². The molecule has 1 saturated heterocycles. The maximum atomic E-state index is 5.70. The van der Waals surface area contributed by atoms with Crippen molar-refractivity contribution in [2.24, 2.45) is 5.92 Å². The van der Waals surface area contributed by atoms with Crippen LogP contribution >= 0.6 is 0 Å². The molecule has 0 aromatic heterocycles. The van der Waals surface area contributed by atoms with E-state index in [9.17, 15) is 0 Å². The molecule has 0 aromatic rings. The second kappa shape index (κ2) is 12.7. The van der Waals surface area contributed by atoms with Crippen molar-refractivity contribution in [3.05, 3.63) is 0 Å². The minimum Gasteiger partial charge on any atom is -0.378 e. The highest BCUT2D eigenvalue weighted by Gasteiger charge is 2.21. The van der Waals surface area contributed by atoms with Crippen molar-refractivity contribution < 1.29 is 14.2 Å². The molecule has 5 nitrogen and oxygen atoms in total. The Balaban J connectivity index is 1.98. The first-order chi connectivity index (χ1) is 12.7. The minimum atomic E-state index is -0.138. The van der Waals surface area contributed by atoms with Gasteiger partial charge in [0.25, 0.3) is 0 Å². The molecular formula is C22H42N2O3. The van der Waals surface area contributed by atoms with Crippen molar-refractivity contribution in [1.82, 2.24) is 10.2 Å². The Morgan fingerprint density at radius 1 is 0.963 bits per heavy atom. The number of nitrogens with one attached hydrogen (secondary N) is 1. The normalized spacial score (nSPS) is 19.0. The van der Waals surface area contributed by atoms with Crippen molar-refractivity contribution in [3.8, 4) is 11.8 Å². The van der Waals surface area contributed by atoms with Gasteiger partial charge in [0.2, 0.25) is 0 Å². The molecule has 1 N–H and O–H groups in total. The van der Waals surface area contributed by atoms with E-state index >= 15 is 0 Å². The van der Waals surface area contributed by atoms with Crippen molar-refractivity contribution in [1.29, 1.82) is 0 Å². The van der Waals surface area contributed by atoms with E-state index in [-0.39, 0.29) is 11.1 Å². The summed E-state index contributed by atoms with van der Waals surface area (Å²) in [6.07, 6.45) is 2.62. The lowest BCUT2D eigenvalue weighted by Crippen LogP contribution is -2.45. The fourth-order valence-electron chi connectivity index (χ4n) is 2.86. The van der Waals surface area contributed by atoms with E-state index in [1.54, 1.807) is 0 Å². The number of nitrogens with zero attached hydrogens (tertiary/aromatic N) is 1. The lowest BCUT2D eigenvalue weighted by atomic mass is 9.96. The molecule has 0 spiro atoms. The van der Waals surface area contributed by atoms with Crippen LogP contribution in [0.15, 0.2) is 0 Å². The molecule has 0 aliphatic carbocycles. The highest BCUT2D eigenvalue weighted by Crippen LogP contribution is 2.16. The molecule has 1 aliphatic rings. The van der Waals surface area contributed by atoms with Gasteiger partial charge in [0.1, 0.15) is 13.2 Å². The quantitative estimate of drug-likeness (QED) is 0.465. The Morgan fingerprint density at radius 3 is 2.37 bits per heavy atom.